The number of hydrogen-bond donors (Lipinski definition) is 1. The van der Waals surface area contributed by atoms with E-state index in [2.05, 4.69) is 4.98 Å². The number of hydrogen-bond acceptors (Lipinski definition) is 6. The van der Waals surface area contributed by atoms with E-state index in [1.54, 1.807) is 11.0 Å². The van der Waals surface area contributed by atoms with Crippen LogP contribution in [0.5, 0.6) is 5.75 Å². The van der Waals surface area contributed by atoms with Gasteiger partial charge in [0.2, 0.25) is 6.41 Å². The summed E-state index contributed by atoms with van der Waals surface area (Å²) in [4.78, 5) is 38.2. The second-order valence-electron chi connectivity index (χ2n) is 9.65. The van der Waals surface area contributed by atoms with E-state index in [9.17, 15) is 19.1 Å². The molecule has 1 fully saturated rings. The summed E-state index contributed by atoms with van der Waals surface area (Å²) < 4.78 is 16.4. The highest BCUT2D eigenvalue weighted by Gasteiger charge is 2.29. The summed E-state index contributed by atoms with van der Waals surface area (Å²) in [5.41, 5.74) is 2.17. The van der Waals surface area contributed by atoms with Crippen LogP contribution < -0.4 is 10.6 Å². The van der Waals surface area contributed by atoms with Gasteiger partial charge in [-0.15, -0.1) is 0 Å². The normalized spacial score (nSPS) is 15.7. The van der Waals surface area contributed by atoms with Crippen LogP contribution in [0.3, 0.4) is 0 Å². The van der Waals surface area contributed by atoms with Gasteiger partial charge >= 0.3 is 5.69 Å². The third-order valence-electron chi connectivity index (χ3n) is 7.30. The zero-order valence-corrected chi connectivity index (χ0v) is 22.7. The number of para-hydroxylation sites is 1. The molecule has 1 atom stereocenters. The van der Waals surface area contributed by atoms with E-state index in [0.717, 1.165) is 17.5 Å². The molecule has 0 bridgehead atoms. The summed E-state index contributed by atoms with van der Waals surface area (Å²) in [6, 6.07) is 11.4. The summed E-state index contributed by atoms with van der Waals surface area (Å²) in [7, 11) is 0. The predicted molar refractivity (Wildman–Crippen MR) is 150 cm³/mol. The smallest absolute Gasteiger partial charge is 0.355 e. The molecule has 4 aromatic rings. The SMILES string of the molecule is CCc1cccc(CC)c1-n1c(=O)nc(N2CCN(C=O)CC2C)c2cc(Cl)c(-c3c(O)cccc3F)nc21. The number of aromatic hydroxyl groups is 1. The molecule has 0 spiro atoms. The minimum absolute atomic E-state index is 0.0240. The van der Waals surface area contributed by atoms with Crippen LogP contribution in [0.25, 0.3) is 28.0 Å². The Morgan fingerprint density at radius 2 is 1.79 bits per heavy atom. The van der Waals surface area contributed by atoms with E-state index in [1.807, 2.05) is 43.9 Å². The van der Waals surface area contributed by atoms with Gasteiger partial charge in [-0.2, -0.15) is 4.98 Å². The van der Waals surface area contributed by atoms with Crippen molar-refractivity contribution < 1.29 is 14.3 Å². The summed E-state index contributed by atoms with van der Waals surface area (Å²) >= 11 is 6.70. The Kier molecular flexibility index (Phi) is 7.27. The number of rotatable bonds is 6. The molecule has 1 aliphatic heterocycles. The van der Waals surface area contributed by atoms with Gasteiger partial charge in [0, 0.05) is 25.7 Å². The summed E-state index contributed by atoms with van der Waals surface area (Å²) in [6.07, 6.45) is 2.15. The van der Waals surface area contributed by atoms with Crippen LogP contribution in [-0.4, -0.2) is 56.6 Å². The van der Waals surface area contributed by atoms with Crippen molar-refractivity contribution in [3.8, 4) is 22.7 Å². The van der Waals surface area contributed by atoms with Gasteiger partial charge in [-0.3, -0.25) is 4.79 Å². The lowest BCUT2D eigenvalue weighted by molar-refractivity contribution is -0.118. The Labute approximate surface area is 230 Å². The Balaban J connectivity index is 1.88. The van der Waals surface area contributed by atoms with Crippen molar-refractivity contribution in [3.63, 3.8) is 0 Å². The Morgan fingerprint density at radius 1 is 1.10 bits per heavy atom. The second-order valence-corrected chi connectivity index (χ2v) is 10.1. The molecule has 5 rings (SSSR count). The number of fused-ring (bicyclic) bond motifs is 1. The van der Waals surface area contributed by atoms with Gasteiger partial charge in [-0.1, -0.05) is 49.7 Å². The van der Waals surface area contributed by atoms with Crippen LogP contribution in [0.15, 0.2) is 47.3 Å². The van der Waals surface area contributed by atoms with E-state index >= 15 is 0 Å². The van der Waals surface area contributed by atoms with Crippen LogP contribution >= 0.6 is 11.6 Å². The van der Waals surface area contributed by atoms with E-state index in [0.29, 0.717) is 49.4 Å². The molecule has 1 saturated heterocycles. The fourth-order valence-electron chi connectivity index (χ4n) is 5.35. The first kappa shape index (κ1) is 26.6. The molecule has 0 saturated carbocycles. The maximum atomic E-state index is 15.0. The number of nitrogens with zero attached hydrogens (tertiary/aromatic N) is 5. The van der Waals surface area contributed by atoms with Gasteiger partial charge in [0.25, 0.3) is 0 Å². The van der Waals surface area contributed by atoms with Crippen molar-refractivity contribution in [3.05, 3.63) is 74.9 Å². The van der Waals surface area contributed by atoms with Crippen LogP contribution in [0.2, 0.25) is 5.02 Å². The number of pyridine rings is 1. The third kappa shape index (κ3) is 4.61. The Bertz CT molecular complexity index is 1600. The molecule has 202 valence electrons. The largest absolute Gasteiger partial charge is 0.507 e. The van der Waals surface area contributed by atoms with Gasteiger partial charge in [0.1, 0.15) is 17.4 Å². The number of amides is 1. The molecular weight excluding hydrogens is 521 g/mol. The third-order valence-corrected chi connectivity index (χ3v) is 7.59. The first-order chi connectivity index (χ1) is 18.8. The first-order valence-corrected chi connectivity index (χ1v) is 13.3. The summed E-state index contributed by atoms with van der Waals surface area (Å²) in [5.74, 6) is -0.600. The molecule has 2 aromatic carbocycles. The number of piperazine rings is 1. The molecule has 39 heavy (non-hydrogen) atoms. The molecule has 0 aliphatic carbocycles. The number of carbonyl (C=O) groups is 1. The fraction of sp³-hybridized carbons (Fsp3) is 0.310. The maximum absolute atomic E-state index is 15.0. The highest BCUT2D eigenvalue weighted by atomic mass is 35.5. The van der Waals surface area contributed by atoms with E-state index < -0.39 is 11.5 Å². The molecule has 3 heterocycles. The molecule has 1 N–H and O–H groups in total. The van der Waals surface area contributed by atoms with Crippen LogP contribution in [0.4, 0.5) is 10.2 Å². The number of anilines is 1. The zero-order chi connectivity index (χ0) is 27.8. The Hall–Kier alpha value is -3.98. The minimum Gasteiger partial charge on any atom is -0.507 e. The molecule has 8 nitrogen and oxygen atoms in total. The average molecular weight is 550 g/mol. The molecule has 2 aromatic heterocycles. The van der Waals surface area contributed by atoms with Crippen molar-refractivity contribution in [1.82, 2.24) is 19.4 Å². The van der Waals surface area contributed by atoms with E-state index in [1.165, 1.54) is 22.8 Å². The number of halogens is 2. The van der Waals surface area contributed by atoms with Crippen LogP contribution in [-0.2, 0) is 17.6 Å². The number of aromatic nitrogens is 3. The molecule has 0 radical (unpaired) electrons. The number of benzene rings is 2. The summed E-state index contributed by atoms with van der Waals surface area (Å²) in [5, 5.41) is 11.1. The van der Waals surface area contributed by atoms with Crippen molar-refractivity contribution >= 4 is 34.9 Å². The molecule has 1 unspecified atom stereocenters. The average Bonchev–Trinajstić information content (AvgIpc) is 2.93. The minimum atomic E-state index is -0.686. The maximum Gasteiger partial charge on any atom is 0.355 e. The molecular formula is C29H29ClFN5O3. The van der Waals surface area contributed by atoms with Crippen molar-refractivity contribution in [1.29, 1.82) is 0 Å². The van der Waals surface area contributed by atoms with Crippen molar-refractivity contribution in [2.24, 2.45) is 0 Å². The molecule has 1 amide bonds. The number of aryl methyl sites for hydroxylation is 2. The van der Waals surface area contributed by atoms with Gasteiger partial charge in [-0.05, 0) is 49.1 Å². The lowest BCUT2D eigenvalue weighted by atomic mass is 10.0. The van der Waals surface area contributed by atoms with Crippen molar-refractivity contribution in [2.45, 2.75) is 39.7 Å². The standard InChI is InChI=1S/C29H29ClFN5O3/c1-4-18-8-6-9-19(5-2)26(18)36-28-20(14-21(30)25(32-28)24-22(31)10-7-11-23(24)38)27(33-29(36)39)35-13-12-34(16-37)15-17(35)3/h6-11,14,16-17,38H,4-5,12-13,15H2,1-3H3. The number of phenolic OH excluding ortho intramolecular Hbond substituents is 1. The molecule has 1 aliphatic rings. The number of carbonyl (C=O) groups excluding carboxylic acids is 1. The first-order valence-electron chi connectivity index (χ1n) is 13.0. The highest BCUT2D eigenvalue weighted by Crippen LogP contribution is 2.39. The van der Waals surface area contributed by atoms with Gasteiger partial charge < -0.3 is 14.9 Å². The summed E-state index contributed by atoms with van der Waals surface area (Å²) in [6.45, 7) is 7.38. The van der Waals surface area contributed by atoms with Gasteiger partial charge in [0.05, 0.1) is 27.4 Å². The number of phenols is 1. The second kappa shape index (κ2) is 10.6. The van der Waals surface area contributed by atoms with Crippen molar-refractivity contribution in [2.75, 3.05) is 24.5 Å². The van der Waals surface area contributed by atoms with E-state index in [4.69, 9.17) is 16.6 Å². The van der Waals surface area contributed by atoms with Gasteiger partial charge in [-0.25, -0.2) is 18.7 Å². The quantitative estimate of drug-likeness (QED) is 0.349. The fourth-order valence-corrected chi connectivity index (χ4v) is 5.59. The topological polar surface area (TPSA) is 91.6 Å². The van der Waals surface area contributed by atoms with Gasteiger partial charge in [0.15, 0.2) is 5.65 Å². The highest BCUT2D eigenvalue weighted by molar-refractivity contribution is 6.34. The molecule has 10 heteroatoms. The Morgan fingerprint density at radius 3 is 2.41 bits per heavy atom. The van der Waals surface area contributed by atoms with Crippen LogP contribution in [0, 0.1) is 5.82 Å². The van der Waals surface area contributed by atoms with Crippen LogP contribution in [0.1, 0.15) is 31.9 Å². The van der Waals surface area contributed by atoms with E-state index in [-0.39, 0.29) is 33.7 Å². The lowest BCUT2D eigenvalue weighted by Gasteiger charge is -2.39. The zero-order valence-electron chi connectivity index (χ0n) is 22.0. The lowest BCUT2D eigenvalue weighted by Crippen LogP contribution is -2.52. The monoisotopic (exact) mass is 549 g/mol. The predicted octanol–water partition coefficient (Wildman–Crippen LogP) is 4.74.